The monoisotopic (exact) mass is 383 g/mol. The average molecular weight is 384 g/mol. The number of nitrogens with one attached hydrogen (secondary N) is 1. The number of carbonyl (C=O) groups is 1. The van der Waals surface area contributed by atoms with Crippen LogP contribution in [0.25, 0.3) is 0 Å². The maximum absolute atomic E-state index is 13.4. The summed E-state index contributed by atoms with van der Waals surface area (Å²) < 4.78 is 26.4. The van der Waals surface area contributed by atoms with Crippen LogP contribution in [-0.4, -0.2) is 29.3 Å². The number of benzene rings is 2. The number of likely N-dealkylation sites (N-methyl/N-ethyl adjacent to an activating group) is 1. The lowest BCUT2D eigenvalue weighted by Gasteiger charge is -2.24. The molecule has 9 heteroatoms. The molecule has 0 saturated heterocycles. The molecule has 1 amide bonds. The number of hydrogen-bond donors (Lipinski definition) is 1. The molecule has 138 valence electrons. The maximum Gasteiger partial charge on any atom is 0.271 e. The van der Waals surface area contributed by atoms with Crippen molar-refractivity contribution in [3.8, 4) is 0 Å². The number of rotatable bonds is 6. The zero-order valence-electron chi connectivity index (χ0n) is 14.0. The quantitative estimate of drug-likeness (QED) is 0.600. The summed E-state index contributed by atoms with van der Waals surface area (Å²) in [6.45, 7) is 1.70. The molecule has 2 aromatic rings. The molecule has 0 fully saturated rings. The van der Waals surface area contributed by atoms with Crippen LogP contribution in [0.15, 0.2) is 36.4 Å². The highest BCUT2D eigenvalue weighted by Crippen LogP contribution is 2.27. The Morgan fingerprint density at radius 3 is 2.54 bits per heavy atom. The van der Waals surface area contributed by atoms with Gasteiger partial charge in [0.2, 0.25) is 5.91 Å². The van der Waals surface area contributed by atoms with Gasteiger partial charge in [-0.1, -0.05) is 17.7 Å². The number of nitro benzene ring substituents is 1. The van der Waals surface area contributed by atoms with E-state index in [1.54, 1.807) is 18.9 Å². The highest BCUT2D eigenvalue weighted by molar-refractivity contribution is 6.34. The van der Waals surface area contributed by atoms with Gasteiger partial charge in [0.15, 0.2) is 11.6 Å². The first-order valence-electron chi connectivity index (χ1n) is 7.58. The van der Waals surface area contributed by atoms with Gasteiger partial charge in [-0.25, -0.2) is 8.78 Å². The molecule has 1 atom stereocenters. The van der Waals surface area contributed by atoms with E-state index in [4.69, 9.17) is 11.6 Å². The Morgan fingerprint density at radius 1 is 1.27 bits per heavy atom. The predicted molar refractivity (Wildman–Crippen MR) is 94.1 cm³/mol. The lowest BCUT2D eigenvalue weighted by atomic mass is 10.1. The summed E-state index contributed by atoms with van der Waals surface area (Å²) in [7, 11) is 1.66. The van der Waals surface area contributed by atoms with Crippen molar-refractivity contribution in [1.82, 2.24) is 4.90 Å². The van der Waals surface area contributed by atoms with E-state index in [-0.39, 0.29) is 29.0 Å². The number of nitrogens with zero attached hydrogens (tertiary/aromatic N) is 2. The second-order valence-corrected chi connectivity index (χ2v) is 6.14. The van der Waals surface area contributed by atoms with E-state index in [0.717, 1.165) is 18.2 Å². The summed E-state index contributed by atoms with van der Waals surface area (Å²) in [5.74, 6) is -2.29. The largest absolute Gasteiger partial charge is 0.324 e. The van der Waals surface area contributed by atoms with Crippen molar-refractivity contribution >= 4 is 28.9 Å². The van der Waals surface area contributed by atoms with Gasteiger partial charge in [-0.3, -0.25) is 19.8 Å². The van der Waals surface area contributed by atoms with Gasteiger partial charge in [0, 0.05) is 18.2 Å². The molecule has 2 aromatic carbocycles. The third-order valence-electron chi connectivity index (χ3n) is 3.92. The third-order valence-corrected chi connectivity index (χ3v) is 4.23. The SMILES string of the molecule is C[C@@H](c1ccc(F)c(F)c1)N(C)CC(=O)Nc1ccc([N+](=O)[O-])cc1Cl. The Hall–Kier alpha value is -2.58. The molecule has 0 aromatic heterocycles. The fourth-order valence-electron chi connectivity index (χ4n) is 2.30. The molecule has 6 nitrogen and oxygen atoms in total. The van der Waals surface area contributed by atoms with Crippen molar-refractivity contribution in [2.75, 3.05) is 18.9 Å². The van der Waals surface area contributed by atoms with Gasteiger partial charge in [-0.2, -0.15) is 0 Å². The van der Waals surface area contributed by atoms with Gasteiger partial charge in [-0.05, 0) is 37.7 Å². The van der Waals surface area contributed by atoms with Gasteiger partial charge in [0.1, 0.15) is 0 Å². The van der Waals surface area contributed by atoms with Gasteiger partial charge in [-0.15, -0.1) is 0 Å². The summed E-state index contributed by atoms with van der Waals surface area (Å²) >= 11 is 5.93. The minimum atomic E-state index is -0.954. The van der Waals surface area contributed by atoms with Gasteiger partial charge in [0.25, 0.3) is 5.69 Å². The molecule has 0 spiro atoms. The number of hydrogen-bond acceptors (Lipinski definition) is 4. The molecule has 0 bridgehead atoms. The molecule has 0 heterocycles. The first-order chi connectivity index (χ1) is 12.2. The summed E-state index contributed by atoms with van der Waals surface area (Å²) in [6, 6.07) is 6.94. The van der Waals surface area contributed by atoms with E-state index in [0.29, 0.717) is 5.56 Å². The molecule has 1 N–H and O–H groups in total. The zero-order chi connectivity index (χ0) is 19.4. The minimum Gasteiger partial charge on any atom is -0.324 e. The fraction of sp³-hybridized carbons (Fsp3) is 0.235. The van der Waals surface area contributed by atoms with Crippen LogP contribution in [-0.2, 0) is 4.79 Å². The molecule has 0 saturated carbocycles. The van der Waals surface area contributed by atoms with Crippen LogP contribution in [0.2, 0.25) is 5.02 Å². The molecule has 0 aliphatic carbocycles. The Kier molecular flexibility index (Phi) is 6.23. The third kappa shape index (κ3) is 4.74. The van der Waals surface area contributed by atoms with Crippen molar-refractivity contribution in [2.45, 2.75) is 13.0 Å². The number of amides is 1. The van der Waals surface area contributed by atoms with E-state index < -0.39 is 22.5 Å². The van der Waals surface area contributed by atoms with Crippen molar-refractivity contribution in [3.63, 3.8) is 0 Å². The summed E-state index contributed by atoms with van der Waals surface area (Å²) in [6.07, 6.45) is 0. The smallest absolute Gasteiger partial charge is 0.271 e. The van der Waals surface area contributed by atoms with E-state index in [1.807, 2.05) is 0 Å². The molecular weight excluding hydrogens is 368 g/mol. The number of anilines is 1. The van der Waals surface area contributed by atoms with Crippen LogP contribution in [0.4, 0.5) is 20.2 Å². The van der Waals surface area contributed by atoms with E-state index >= 15 is 0 Å². The second-order valence-electron chi connectivity index (χ2n) is 5.73. The van der Waals surface area contributed by atoms with Crippen molar-refractivity contribution in [3.05, 3.63) is 68.7 Å². The number of non-ortho nitro benzene ring substituents is 1. The second kappa shape index (κ2) is 8.20. The van der Waals surface area contributed by atoms with Crippen molar-refractivity contribution in [2.24, 2.45) is 0 Å². The predicted octanol–water partition coefficient (Wildman–Crippen LogP) is 4.16. The van der Waals surface area contributed by atoms with E-state index in [2.05, 4.69) is 5.32 Å². The summed E-state index contributed by atoms with van der Waals surface area (Å²) in [5.41, 5.74) is 0.584. The normalized spacial score (nSPS) is 12.1. The Balaban J connectivity index is 2.02. The Morgan fingerprint density at radius 2 is 1.96 bits per heavy atom. The minimum absolute atomic E-state index is 0.0452. The average Bonchev–Trinajstić information content (AvgIpc) is 2.58. The van der Waals surface area contributed by atoms with Crippen LogP contribution in [0.5, 0.6) is 0 Å². The number of nitro groups is 1. The summed E-state index contributed by atoms with van der Waals surface area (Å²) in [5, 5.41) is 13.3. The van der Waals surface area contributed by atoms with Gasteiger partial charge < -0.3 is 5.32 Å². The topological polar surface area (TPSA) is 75.5 Å². The van der Waals surface area contributed by atoms with E-state index in [1.165, 1.54) is 18.2 Å². The van der Waals surface area contributed by atoms with Gasteiger partial charge >= 0.3 is 0 Å². The standard InChI is InChI=1S/C17H16ClF2N3O3/c1-10(11-3-5-14(19)15(20)7-11)22(2)9-17(24)21-16-6-4-12(23(25)26)8-13(16)18/h3-8,10H,9H2,1-2H3,(H,21,24)/t10-/m0/s1. The van der Waals surface area contributed by atoms with Crippen LogP contribution in [0.1, 0.15) is 18.5 Å². The zero-order valence-corrected chi connectivity index (χ0v) is 14.8. The van der Waals surface area contributed by atoms with Crippen LogP contribution in [0, 0.1) is 21.7 Å². The highest BCUT2D eigenvalue weighted by Gasteiger charge is 2.18. The molecule has 0 aliphatic rings. The Labute approximate surface area is 153 Å². The Bertz CT molecular complexity index is 848. The first kappa shape index (κ1) is 19.7. The maximum atomic E-state index is 13.4. The number of carbonyl (C=O) groups excluding carboxylic acids is 1. The molecule has 2 rings (SSSR count). The molecule has 0 aliphatic heterocycles. The van der Waals surface area contributed by atoms with Gasteiger partial charge in [0.05, 0.1) is 22.2 Å². The lowest BCUT2D eigenvalue weighted by Crippen LogP contribution is -2.32. The fourth-order valence-corrected chi connectivity index (χ4v) is 2.52. The van der Waals surface area contributed by atoms with Crippen LogP contribution >= 0.6 is 11.6 Å². The van der Waals surface area contributed by atoms with Crippen LogP contribution < -0.4 is 5.32 Å². The molecule has 0 radical (unpaired) electrons. The van der Waals surface area contributed by atoms with Crippen LogP contribution in [0.3, 0.4) is 0 Å². The molecule has 0 unspecified atom stereocenters. The number of halogens is 3. The molecule has 26 heavy (non-hydrogen) atoms. The highest BCUT2D eigenvalue weighted by atomic mass is 35.5. The molecular formula is C17H16ClF2N3O3. The first-order valence-corrected chi connectivity index (χ1v) is 7.96. The van der Waals surface area contributed by atoms with Crippen molar-refractivity contribution in [1.29, 1.82) is 0 Å². The summed E-state index contributed by atoms with van der Waals surface area (Å²) in [4.78, 5) is 23.9. The van der Waals surface area contributed by atoms with E-state index in [9.17, 15) is 23.7 Å². The van der Waals surface area contributed by atoms with Crippen molar-refractivity contribution < 1.29 is 18.5 Å². The lowest BCUT2D eigenvalue weighted by molar-refractivity contribution is -0.384.